The third-order valence-corrected chi connectivity index (χ3v) is 6.04. The number of benzene rings is 1. The number of anilines is 1. The molecule has 0 aromatic heterocycles. The minimum Gasteiger partial charge on any atom is -0.379 e. The van der Waals surface area contributed by atoms with E-state index in [0.29, 0.717) is 16.7 Å². The second-order valence-electron chi connectivity index (χ2n) is 7.73. The van der Waals surface area contributed by atoms with Gasteiger partial charge in [-0.2, -0.15) is 18.4 Å². The van der Waals surface area contributed by atoms with Gasteiger partial charge in [0, 0.05) is 34.9 Å². The number of nitrogens with zero attached hydrogens (tertiary/aromatic N) is 2. The van der Waals surface area contributed by atoms with E-state index in [9.17, 15) is 32.7 Å². The summed E-state index contributed by atoms with van der Waals surface area (Å²) in [5, 5.41) is 21.7. The molecule has 1 atom stereocenters. The Balaban J connectivity index is 2.90. The highest BCUT2D eigenvalue weighted by Crippen LogP contribution is 2.34. The molecule has 7 nitrogen and oxygen atoms in total. The SMILES string of the molecule is C=C(/C=C\C(=C/C)N(C(=O)CC)C(=O)CC)SCC(C)(O)C(=O)Nc1ccc(C#N)c(C(F)(F)F)c1. The molecule has 0 saturated carbocycles. The van der Waals surface area contributed by atoms with Gasteiger partial charge >= 0.3 is 6.18 Å². The standard InChI is InChI=1S/C25H28F3N3O4S/c1-6-19(31(21(32)7-2)22(33)8-3)12-9-16(4)36-15-24(5,35)23(34)30-18-11-10-17(14-29)20(13-18)25(26,27)28/h6,9-13,35H,4,7-8,15H2,1-3,5H3,(H,30,34)/b12-9-,19-6+. The highest BCUT2D eigenvalue weighted by Gasteiger charge is 2.35. The number of amides is 3. The maximum Gasteiger partial charge on any atom is 0.417 e. The summed E-state index contributed by atoms with van der Waals surface area (Å²) < 4.78 is 39.5. The fraction of sp³-hybridized carbons (Fsp3) is 0.360. The van der Waals surface area contributed by atoms with Crippen LogP contribution >= 0.6 is 11.8 Å². The number of aliphatic hydroxyl groups is 1. The Hall–Kier alpha value is -3.36. The zero-order valence-electron chi connectivity index (χ0n) is 20.4. The van der Waals surface area contributed by atoms with Crippen LogP contribution in [-0.4, -0.2) is 39.1 Å². The van der Waals surface area contributed by atoms with Gasteiger partial charge in [-0.05, 0) is 44.2 Å². The van der Waals surface area contributed by atoms with Crippen LogP contribution in [-0.2, 0) is 20.6 Å². The maximum absolute atomic E-state index is 13.2. The zero-order chi connectivity index (χ0) is 27.7. The number of halogens is 3. The molecule has 3 amide bonds. The number of alkyl halides is 3. The molecule has 2 N–H and O–H groups in total. The van der Waals surface area contributed by atoms with E-state index >= 15 is 0 Å². The van der Waals surface area contributed by atoms with Gasteiger partial charge in [0.25, 0.3) is 5.91 Å². The van der Waals surface area contributed by atoms with Crippen molar-refractivity contribution in [2.24, 2.45) is 0 Å². The van der Waals surface area contributed by atoms with Gasteiger partial charge in [0.05, 0.1) is 17.2 Å². The lowest BCUT2D eigenvalue weighted by molar-refractivity contribution is -0.142. The molecule has 194 valence electrons. The van der Waals surface area contributed by atoms with Crippen molar-refractivity contribution in [2.75, 3.05) is 11.1 Å². The number of imide groups is 1. The van der Waals surface area contributed by atoms with Crippen molar-refractivity contribution < 1.29 is 32.7 Å². The number of allylic oxidation sites excluding steroid dienone is 3. The molecule has 0 spiro atoms. The fourth-order valence-electron chi connectivity index (χ4n) is 2.79. The number of nitriles is 1. The number of nitrogens with one attached hydrogen (secondary N) is 1. The predicted molar refractivity (Wildman–Crippen MR) is 132 cm³/mol. The number of hydrogen-bond donors (Lipinski definition) is 2. The predicted octanol–water partition coefficient (Wildman–Crippen LogP) is 5.15. The third kappa shape index (κ3) is 8.39. The summed E-state index contributed by atoms with van der Waals surface area (Å²) in [6, 6.07) is 4.14. The first-order valence-corrected chi connectivity index (χ1v) is 11.9. The van der Waals surface area contributed by atoms with Gasteiger partial charge in [-0.1, -0.05) is 26.5 Å². The van der Waals surface area contributed by atoms with E-state index < -0.39 is 28.8 Å². The molecule has 0 aliphatic rings. The Labute approximate surface area is 212 Å². The van der Waals surface area contributed by atoms with Gasteiger partial charge in [0.1, 0.15) is 5.60 Å². The van der Waals surface area contributed by atoms with Crippen LogP contribution in [0.1, 0.15) is 51.7 Å². The largest absolute Gasteiger partial charge is 0.417 e. The lowest BCUT2D eigenvalue weighted by Crippen LogP contribution is -2.42. The number of rotatable bonds is 10. The van der Waals surface area contributed by atoms with Crippen LogP contribution in [0.4, 0.5) is 18.9 Å². The molecule has 0 heterocycles. The van der Waals surface area contributed by atoms with Crippen LogP contribution in [0.3, 0.4) is 0 Å². The van der Waals surface area contributed by atoms with Crippen LogP contribution in [0.15, 0.2) is 53.6 Å². The van der Waals surface area contributed by atoms with E-state index in [0.717, 1.165) is 28.8 Å². The molecule has 0 fully saturated rings. The topological polar surface area (TPSA) is 110 Å². The molecule has 1 unspecified atom stereocenters. The van der Waals surface area contributed by atoms with Crippen molar-refractivity contribution in [1.82, 2.24) is 4.90 Å². The summed E-state index contributed by atoms with van der Waals surface area (Å²) in [6.45, 7) is 9.95. The zero-order valence-corrected chi connectivity index (χ0v) is 21.2. The number of hydrogen-bond acceptors (Lipinski definition) is 6. The van der Waals surface area contributed by atoms with E-state index in [4.69, 9.17) is 5.26 Å². The average molecular weight is 524 g/mol. The Kier molecular flexibility index (Phi) is 11.2. The molecule has 1 aromatic rings. The highest BCUT2D eigenvalue weighted by atomic mass is 32.2. The summed E-state index contributed by atoms with van der Waals surface area (Å²) in [6.07, 6.45) is 0.0946. The van der Waals surface area contributed by atoms with Crippen molar-refractivity contribution in [1.29, 1.82) is 5.26 Å². The van der Waals surface area contributed by atoms with E-state index in [1.165, 1.54) is 25.1 Å². The lowest BCUT2D eigenvalue weighted by atomic mass is 10.1. The fourth-order valence-corrected chi connectivity index (χ4v) is 3.55. The summed E-state index contributed by atoms with van der Waals surface area (Å²) in [4.78, 5) is 38.4. The minimum atomic E-state index is -4.79. The van der Waals surface area contributed by atoms with Gasteiger partial charge in [-0.3, -0.25) is 19.3 Å². The van der Waals surface area contributed by atoms with E-state index in [2.05, 4.69) is 11.9 Å². The van der Waals surface area contributed by atoms with Gasteiger partial charge in [0.2, 0.25) is 11.8 Å². The van der Waals surface area contributed by atoms with Crippen LogP contribution in [0.5, 0.6) is 0 Å². The number of thioether (sulfide) groups is 1. The van der Waals surface area contributed by atoms with Crippen LogP contribution < -0.4 is 5.32 Å². The Morgan fingerprint density at radius 3 is 2.25 bits per heavy atom. The average Bonchev–Trinajstić information content (AvgIpc) is 2.83. The van der Waals surface area contributed by atoms with E-state index in [1.807, 2.05) is 0 Å². The summed E-state index contributed by atoms with van der Waals surface area (Å²) in [5.41, 5.74) is -3.66. The third-order valence-electron chi connectivity index (χ3n) is 4.83. The molecule has 0 aliphatic carbocycles. The van der Waals surface area contributed by atoms with Crippen molar-refractivity contribution in [2.45, 2.75) is 52.3 Å². The van der Waals surface area contributed by atoms with Crippen LogP contribution in [0.2, 0.25) is 0 Å². The van der Waals surface area contributed by atoms with Gasteiger partial charge in [0.15, 0.2) is 0 Å². The Morgan fingerprint density at radius 2 is 1.78 bits per heavy atom. The number of carbonyl (C=O) groups is 3. The smallest absolute Gasteiger partial charge is 0.379 e. The van der Waals surface area contributed by atoms with E-state index in [-0.39, 0.29) is 36.1 Å². The van der Waals surface area contributed by atoms with Crippen LogP contribution in [0.25, 0.3) is 0 Å². The summed E-state index contributed by atoms with van der Waals surface area (Å²) in [7, 11) is 0. The van der Waals surface area contributed by atoms with Gasteiger partial charge < -0.3 is 10.4 Å². The summed E-state index contributed by atoms with van der Waals surface area (Å²) in [5.74, 6) is -1.88. The van der Waals surface area contributed by atoms with Crippen molar-refractivity contribution in [3.8, 4) is 6.07 Å². The van der Waals surface area contributed by atoms with Crippen LogP contribution in [0, 0.1) is 11.3 Å². The summed E-state index contributed by atoms with van der Waals surface area (Å²) >= 11 is 0.997. The van der Waals surface area contributed by atoms with Crippen molar-refractivity contribution in [3.05, 3.63) is 64.7 Å². The first kappa shape index (κ1) is 30.7. The molecule has 0 aliphatic heterocycles. The Bertz CT molecular complexity index is 1100. The molecule has 0 saturated heterocycles. The second-order valence-corrected chi connectivity index (χ2v) is 8.83. The second kappa shape index (κ2) is 13.1. The molecule has 0 bridgehead atoms. The lowest BCUT2D eigenvalue weighted by Gasteiger charge is -2.23. The van der Waals surface area contributed by atoms with Crippen molar-refractivity contribution >= 4 is 35.2 Å². The number of carbonyl (C=O) groups excluding carboxylic acids is 3. The first-order chi connectivity index (χ1) is 16.7. The molecule has 11 heteroatoms. The quantitative estimate of drug-likeness (QED) is 0.411. The highest BCUT2D eigenvalue weighted by molar-refractivity contribution is 8.03. The first-order valence-electron chi connectivity index (χ1n) is 10.9. The van der Waals surface area contributed by atoms with E-state index in [1.54, 1.807) is 26.8 Å². The van der Waals surface area contributed by atoms with Crippen molar-refractivity contribution in [3.63, 3.8) is 0 Å². The molecule has 1 rings (SSSR count). The molecular formula is C25H28F3N3O4S. The monoisotopic (exact) mass is 523 g/mol. The molecule has 0 radical (unpaired) electrons. The van der Waals surface area contributed by atoms with Gasteiger partial charge in [-0.25, -0.2) is 0 Å². The Morgan fingerprint density at radius 1 is 1.19 bits per heavy atom. The normalized spacial score (nSPS) is 13.6. The molecular weight excluding hydrogens is 495 g/mol. The molecule has 1 aromatic carbocycles. The maximum atomic E-state index is 13.2. The molecule has 36 heavy (non-hydrogen) atoms. The minimum absolute atomic E-state index is 0.133. The van der Waals surface area contributed by atoms with Gasteiger partial charge in [-0.15, -0.1) is 11.8 Å².